The zero-order valence-electron chi connectivity index (χ0n) is 13.8. The molecule has 0 radical (unpaired) electrons. The van der Waals surface area contributed by atoms with Gasteiger partial charge in [-0.05, 0) is 48.6 Å². The molecule has 1 N–H and O–H groups in total. The molecule has 4 heteroatoms. The molecule has 2 aliphatic heterocycles. The van der Waals surface area contributed by atoms with E-state index in [0.29, 0.717) is 18.5 Å². The number of carbonyl (C=O) groups is 2. The molecule has 24 heavy (non-hydrogen) atoms. The molecule has 0 bridgehead atoms. The number of nitrogens with zero attached hydrogens (tertiary/aromatic N) is 1. The van der Waals surface area contributed by atoms with Gasteiger partial charge < -0.3 is 10.2 Å². The van der Waals surface area contributed by atoms with E-state index in [1.807, 2.05) is 42.2 Å². The second kappa shape index (κ2) is 5.78. The Labute approximate surface area is 141 Å². The van der Waals surface area contributed by atoms with Crippen LogP contribution in [0, 0.1) is 6.92 Å². The van der Waals surface area contributed by atoms with Gasteiger partial charge in [0.2, 0.25) is 5.91 Å². The molecule has 2 aromatic carbocycles. The van der Waals surface area contributed by atoms with Crippen LogP contribution in [0.2, 0.25) is 0 Å². The van der Waals surface area contributed by atoms with Crippen LogP contribution in [-0.2, 0) is 24.2 Å². The summed E-state index contributed by atoms with van der Waals surface area (Å²) in [5.74, 6) is 0.0790. The fraction of sp³-hybridized carbons (Fsp3) is 0.300. The fourth-order valence-corrected chi connectivity index (χ4v) is 3.72. The van der Waals surface area contributed by atoms with Crippen molar-refractivity contribution in [3.05, 3.63) is 64.2 Å². The minimum atomic E-state index is -0.0768. The minimum Gasteiger partial charge on any atom is -0.348 e. The quantitative estimate of drug-likeness (QED) is 0.945. The Balaban J connectivity index is 1.56. The largest absolute Gasteiger partial charge is 0.348 e. The average Bonchev–Trinajstić information content (AvgIpc) is 2.90. The van der Waals surface area contributed by atoms with E-state index in [4.69, 9.17) is 0 Å². The molecule has 122 valence electrons. The van der Waals surface area contributed by atoms with Gasteiger partial charge >= 0.3 is 0 Å². The van der Waals surface area contributed by atoms with Crippen LogP contribution in [0.4, 0.5) is 5.69 Å². The Morgan fingerprint density at radius 1 is 1.21 bits per heavy atom. The molecule has 2 aromatic rings. The van der Waals surface area contributed by atoms with E-state index >= 15 is 0 Å². The van der Waals surface area contributed by atoms with Gasteiger partial charge in [0.05, 0.1) is 12.1 Å². The fourth-order valence-electron chi connectivity index (χ4n) is 3.72. The molecule has 0 saturated carbocycles. The van der Waals surface area contributed by atoms with Crippen LogP contribution in [0.15, 0.2) is 36.4 Å². The van der Waals surface area contributed by atoms with Gasteiger partial charge in [0.1, 0.15) is 0 Å². The Bertz CT molecular complexity index is 842. The topological polar surface area (TPSA) is 49.4 Å². The van der Waals surface area contributed by atoms with Crippen molar-refractivity contribution in [1.82, 2.24) is 5.32 Å². The molecule has 2 amide bonds. The number of carbonyl (C=O) groups excluding carboxylic acids is 2. The molecule has 2 aliphatic rings. The second-order valence-electron chi connectivity index (χ2n) is 6.64. The maximum atomic E-state index is 12.5. The van der Waals surface area contributed by atoms with Crippen LogP contribution in [0.25, 0.3) is 0 Å². The third-order valence-corrected chi connectivity index (χ3v) is 4.81. The Hall–Kier alpha value is -2.62. The standard InChI is InChI=1S/C20H20N2O2/c1-13-4-2-5-14(8-13)12-21-20(24)17-9-15-6-3-7-22-18(23)11-16(10-17)19(15)22/h2,4-5,8-10H,3,6-7,11-12H2,1H3,(H,21,24). The van der Waals surface area contributed by atoms with Crippen LogP contribution in [0.3, 0.4) is 0 Å². The monoisotopic (exact) mass is 320 g/mol. The van der Waals surface area contributed by atoms with E-state index in [2.05, 4.69) is 11.4 Å². The normalized spacial score (nSPS) is 15.4. The highest BCUT2D eigenvalue weighted by Crippen LogP contribution is 2.37. The minimum absolute atomic E-state index is 0.0768. The lowest BCUT2D eigenvalue weighted by atomic mass is 9.96. The van der Waals surface area contributed by atoms with E-state index in [-0.39, 0.29) is 11.8 Å². The lowest BCUT2D eigenvalue weighted by Gasteiger charge is -2.25. The lowest BCUT2D eigenvalue weighted by molar-refractivity contribution is -0.117. The smallest absolute Gasteiger partial charge is 0.251 e. The number of nitrogens with one attached hydrogen (secondary N) is 1. The highest BCUT2D eigenvalue weighted by atomic mass is 16.2. The van der Waals surface area contributed by atoms with E-state index in [1.54, 1.807) is 0 Å². The molecule has 0 unspecified atom stereocenters. The summed E-state index contributed by atoms with van der Waals surface area (Å²) in [6, 6.07) is 12.0. The van der Waals surface area contributed by atoms with Crippen molar-refractivity contribution in [2.45, 2.75) is 32.7 Å². The maximum Gasteiger partial charge on any atom is 0.251 e. The van der Waals surface area contributed by atoms with Gasteiger partial charge in [0.25, 0.3) is 5.91 Å². The first kappa shape index (κ1) is 14.9. The Kier molecular flexibility index (Phi) is 3.60. The third-order valence-electron chi connectivity index (χ3n) is 4.81. The summed E-state index contributed by atoms with van der Waals surface area (Å²) in [6.45, 7) is 3.36. The van der Waals surface area contributed by atoms with E-state index < -0.39 is 0 Å². The number of benzene rings is 2. The van der Waals surface area contributed by atoms with Gasteiger partial charge in [-0.25, -0.2) is 0 Å². The van der Waals surface area contributed by atoms with Gasteiger partial charge in [-0.1, -0.05) is 29.8 Å². The summed E-state index contributed by atoms with van der Waals surface area (Å²) in [7, 11) is 0. The van der Waals surface area contributed by atoms with Crippen LogP contribution in [0.5, 0.6) is 0 Å². The van der Waals surface area contributed by atoms with Crippen LogP contribution in [-0.4, -0.2) is 18.4 Å². The van der Waals surface area contributed by atoms with Crippen molar-refractivity contribution in [2.75, 3.05) is 11.4 Å². The molecule has 0 fully saturated rings. The summed E-state index contributed by atoms with van der Waals surface area (Å²) >= 11 is 0. The van der Waals surface area contributed by atoms with Crippen LogP contribution >= 0.6 is 0 Å². The molecule has 0 atom stereocenters. The summed E-state index contributed by atoms with van der Waals surface area (Å²) in [6.07, 6.45) is 2.32. The highest BCUT2D eigenvalue weighted by Gasteiger charge is 2.32. The van der Waals surface area contributed by atoms with Crippen molar-refractivity contribution in [2.24, 2.45) is 0 Å². The SMILES string of the molecule is Cc1cccc(CNC(=O)c2cc3c4c(c2)CC(=O)N4CCC3)c1. The van der Waals surface area contributed by atoms with Gasteiger partial charge in [-0.2, -0.15) is 0 Å². The number of aryl methyl sites for hydroxylation is 2. The predicted octanol–water partition coefficient (Wildman–Crippen LogP) is 2.76. The maximum absolute atomic E-state index is 12.5. The van der Waals surface area contributed by atoms with E-state index in [9.17, 15) is 9.59 Å². The number of anilines is 1. The third kappa shape index (κ3) is 2.58. The number of amides is 2. The molecule has 2 heterocycles. The van der Waals surface area contributed by atoms with Crippen molar-refractivity contribution >= 4 is 17.5 Å². The van der Waals surface area contributed by atoms with Crippen LogP contribution in [0.1, 0.15) is 39.0 Å². The first-order valence-electron chi connectivity index (χ1n) is 8.42. The predicted molar refractivity (Wildman–Crippen MR) is 93.2 cm³/mol. The Morgan fingerprint density at radius 3 is 2.88 bits per heavy atom. The molecule has 0 aliphatic carbocycles. The van der Waals surface area contributed by atoms with Gasteiger partial charge in [0.15, 0.2) is 0 Å². The molecular weight excluding hydrogens is 300 g/mol. The summed E-state index contributed by atoms with van der Waals surface area (Å²) in [4.78, 5) is 26.5. The van der Waals surface area contributed by atoms with Crippen molar-refractivity contribution < 1.29 is 9.59 Å². The molecule has 0 aromatic heterocycles. The zero-order chi connectivity index (χ0) is 16.7. The number of hydrogen-bond donors (Lipinski definition) is 1. The summed E-state index contributed by atoms with van der Waals surface area (Å²) < 4.78 is 0. The van der Waals surface area contributed by atoms with Crippen molar-refractivity contribution in [3.8, 4) is 0 Å². The van der Waals surface area contributed by atoms with Crippen molar-refractivity contribution in [1.29, 1.82) is 0 Å². The van der Waals surface area contributed by atoms with Gasteiger partial charge in [0, 0.05) is 18.7 Å². The lowest BCUT2D eigenvalue weighted by Crippen LogP contribution is -2.31. The van der Waals surface area contributed by atoms with Crippen molar-refractivity contribution in [3.63, 3.8) is 0 Å². The second-order valence-corrected chi connectivity index (χ2v) is 6.64. The number of hydrogen-bond acceptors (Lipinski definition) is 2. The summed E-state index contributed by atoms with van der Waals surface area (Å²) in [5.41, 5.74) is 6.12. The van der Waals surface area contributed by atoms with Gasteiger partial charge in [-0.15, -0.1) is 0 Å². The van der Waals surface area contributed by atoms with E-state index in [1.165, 1.54) is 5.56 Å². The average molecular weight is 320 g/mol. The zero-order valence-corrected chi connectivity index (χ0v) is 13.8. The Morgan fingerprint density at radius 2 is 2.04 bits per heavy atom. The first-order chi connectivity index (χ1) is 11.6. The highest BCUT2D eigenvalue weighted by molar-refractivity contribution is 6.04. The molecule has 4 nitrogen and oxygen atoms in total. The first-order valence-corrected chi connectivity index (χ1v) is 8.42. The summed E-state index contributed by atoms with van der Waals surface area (Å²) in [5, 5.41) is 2.99. The van der Waals surface area contributed by atoms with E-state index in [0.717, 1.165) is 41.8 Å². The van der Waals surface area contributed by atoms with Crippen LogP contribution < -0.4 is 10.2 Å². The molecule has 4 rings (SSSR count). The molecule has 0 spiro atoms. The molecule has 0 saturated heterocycles. The molecular formula is C20H20N2O2. The number of rotatable bonds is 3. The van der Waals surface area contributed by atoms with Gasteiger partial charge in [-0.3, -0.25) is 9.59 Å².